The van der Waals surface area contributed by atoms with Gasteiger partial charge in [0.2, 0.25) is 5.76 Å². The van der Waals surface area contributed by atoms with Crippen LogP contribution in [0.25, 0.3) is 6.08 Å². The summed E-state index contributed by atoms with van der Waals surface area (Å²) in [6.45, 7) is 0.0505. The zero-order valence-corrected chi connectivity index (χ0v) is 18.8. The molecule has 0 fully saturated rings. The summed E-state index contributed by atoms with van der Waals surface area (Å²) in [5.41, 5.74) is 0.970. The number of amides is 1. The number of ether oxygens (including phenoxy) is 4. The maximum Gasteiger partial charge on any atom is 0.373 e. The predicted octanol–water partition coefficient (Wildman–Crippen LogP) is 4.21. The Morgan fingerprint density at radius 3 is 2.56 bits per heavy atom. The Hall–Kier alpha value is -4.71. The van der Waals surface area contributed by atoms with E-state index in [0.29, 0.717) is 34.3 Å². The molecule has 0 unspecified atom stereocenters. The van der Waals surface area contributed by atoms with Crippen molar-refractivity contribution in [2.45, 2.75) is 6.61 Å². The molecule has 2 aromatic carbocycles. The minimum absolute atomic E-state index is 0.0505. The van der Waals surface area contributed by atoms with Gasteiger partial charge in [-0.3, -0.25) is 4.79 Å². The van der Waals surface area contributed by atoms with E-state index in [-0.39, 0.29) is 17.9 Å². The molecule has 0 saturated heterocycles. The second-order valence-electron chi connectivity index (χ2n) is 6.81. The Labute approximate surface area is 196 Å². The summed E-state index contributed by atoms with van der Waals surface area (Å²) >= 11 is 0. The van der Waals surface area contributed by atoms with Gasteiger partial charge < -0.3 is 28.7 Å². The minimum Gasteiger partial charge on any atom is -0.497 e. The molecule has 9 heteroatoms. The van der Waals surface area contributed by atoms with E-state index in [2.05, 4.69) is 10.1 Å². The Kier molecular flexibility index (Phi) is 7.92. The molecule has 1 N–H and O–H groups in total. The lowest BCUT2D eigenvalue weighted by molar-refractivity contribution is -0.112. The number of nitriles is 1. The number of nitrogens with zero attached hydrogens (tertiary/aromatic N) is 1. The van der Waals surface area contributed by atoms with Gasteiger partial charge in [-0.05, 0) is 48.0 Å². The molecule has 0 saturated carbocycles. The summed E-state index contributed by atoms with van der Waals surface area (Å²) < 4.78 is 26.2. The van der Waals surface area contributed by atoms with E-state index in [1.165, 1.54) is 33.5 Å². The van der Waals surface area contributed by atoms with Crippen LogP contribution < -0.4 is 19.5 Å². The largest absolute Gasteiger partial charge is 0.497 e. The van der Waals surface area contributed by atoms with Crippen molar-refractivity contribution in [3.63, 3.8) is 0 Å². The summed E-state index contributed by atoms with van der Waals surface area (Å²) in [6, 6.07) is 16.8. The van der Waals surface area contributed by atoms with Crippen molar-refractivity contribution in [1.82, 2.24) is 0 Å². The van der Waals surface area contributed by atoms with Gasteiger partial charge in [0.05, 0.1) is 21.3 Å². The first-order chi connectivity index (χ1) is 16.5. The average molecular weight is 462 g/mol. The van der Waals surface area contributed by atoms with Gasteiger partial charge >= 0.3 is 5.97 Å². The molecule has 1 heterocycles. The highest BCUT2D eigenvalue weighted by atomic mass is 16.5. The van der Waals surface area contributed by atoms with Crippen LogP contribution in [0.1, 0.15) is 21.9 Å². The van der Waals surface area contributed by atoms with Gasteiger partial charge in [0, 0.05) is 11.8 Å². The highest BCUT2D eigenvalue weighted by Gasteiger charge is 2.14. The Balaban J connectivity index is 1.72. The number of rotatable bonds is 9. The first-order valence-electron chi connectivity index (χ1n) is 10.0. The van der Waals surface area contributed by atoms with Crippen LogP contribution in [0.5, 0.6) is 17.2 Å². The summed E-state index contributed by atoms with van der Waals surface area (Å²) in [6.07, 6.45) is 1.44. The number of nitrogens with one attached hydrogen (secondary N) is 1. The number of hydrogen-bond donors (Lipinski definition) is 1. The van der Waals surface area contributed by atoms with E-state index >= 15 is 0 Å². The van der Waals surface area contributed by atoms with Crippen LogP contribution in [0.2, 0.25) is 0 Å². The van der Waals surface area contributed by atoms with Crippen LogP contribution in [0, 0.1) is 11.3 Å². The summed E-state index contributed by atoms with van der Waals surface area (Å²) in [4.78, 5) is 24.0. The summed E-state index contributed by atoms with van der Waals surface area (Å²) in [5, 5.41) is 12.2. The molecular formula is C25H22N2O7. The van der Waals surface area contributed by atoms with E-state index < -0.39 is 11.9 Å². The SMILES string of the molecule is COC(=O)c1ccc(COc2ccc(C=C(C#N)C(=O)Nc3cccc(OC)c3)cc2OC)o1. The van der Waals surface area contributed by atoms with E-state index in [1.54, 1.807) is 48.5 Å². The third kappa shape index (κ3) is 5.95. The lowest BCUT2D eigenvalue weighted by Crippen LogP contribution is -2.13. The molecule has 0 bridgehead atoms. The van der Waals surface area contributed by atoms with Crippen LogP contribution in [0.3, 0.4) is 0 Å². The van der Waals surface area contributed by atoms with Crippen molar-refractivity contribution in [3.05, 3.63) is 77.3 Å². The molecule has 174 valence electrons. The van der Waals surface area contributed by atoms with Gasteiger partial charge in [-0.25, -0.2) is 4.79 Å². The number of benzene rings is 2. The minimum atomic E-state index is -0.580. The molecule has 1 aromatic heterocycles. The number of methoxy groups -OCH3 is 3. The number of esters is 1. The number of furan rings is 1. The second kappa shape index (κ2) is 11.2. The maximum absolute atomic E-state index is 12.6. The molecular weight excluding hydrogens is 440 g/mol. The first-order valence-corrected chi connectivity index (χ1v) is 10.0. The molecule has 0 spiro atoms. The van der Waals surface area contributed by atoms with Crippen LogP contribution in [0.15, 0.2) is 64.6 Å². The number of carbonyl (C=O) groups is 2. The zero-order chi connectivity index (χ0) is 24.5. The van der Waals surface area contributed by atoms with Gasteiger partial charge in [-0.1, -0.05) is 12.1 Å². The lowest BCUT2D eigenvalue weighted by atomic mass is 10.1. The standard InChI is InChI=1S/C25H22N2O7/c1-30-19-6-4-5-18(13-19)27-24(28)17(14-26)11-16-7-9-21(23(12-16)31-2)33-15-20-8-10-22(34-20)25(29)32-3/h4-13H,15H2,1-3H3,(H,27,28). The van der Waals surface area contributed by atoms with Crippen molar-refractivity contribution in [3.8, 4) is 23.3 Å². The topological polar surface area (TPSA) is 120 Å². The highest BCUT2D eigenvalue weighted by molar-refractivity contribution is 6.09. The van der Waals surface area contributed by atoms with Crippen LogP contribution >= 0.6 is 0 Å². The van der Waals surface area contributed by atoms with Crippen LogP contribution in [-0.4, -0.2) is 33.2 Å². The fourth-order valence-electron chi connectivity index (χ4n) is 2.92. The molecule has 0 radical (unpaired) electrons. The molecule has 3 aromatic rings. The molecule has 3 rings (SSSR count). The lowest BCUT2D eigenvalue weighted by Gasteiger charge is -2.11. The van der Waals surface area contributed by atoms with E-state index in [1.807, 2.05) is 6.07 Å². The van der Waals surface area contributed by atoms with E-state index in [4.69, 9.17) is 18.6 Å². The fraction of sp³-hybridized carbons (Fsp3) is 0.160. The molecule has 9 nitrogen and oxygen atoms in total. The van der Waals surface area contributed by atoms with Crippen molar-refractivity contribution in [2.24, 2.45) is 0 Å². The average Bonchev–Trinajstić information content (AvgIpc) is 3.34. The number of anilines is 1. The van der Waals surface area contributed by atoms with Crippen molar-refractivity contribution < 1.29 is 33.0 Å². The highest BCUT2D eigenvalue weighted by Crippen LogP contribution is 2.30. The molecule has 0 atom stereocenters. The zero-order valence-electron chi connectivity index (χ0n) is 18.8. The van der Waals surface area contributed by atoms with Crippen molar-refractivity contribution >= 4 is 23.6 Å². The molecule has 1 amide bonds. The number of carbonyl (C=O) groups excluding carboxylic acids is 2. The third-order valence-electron chi connectivity index (χ3n) is 4.61. The van der Waals surface area contributed by atoms with E-state index in [9.17, 15) is 14.9 Å². The number of hydrogen-bond acceptors (Lipinski definition) is 8. The van der Waals surface area contributed by atoms with Crippen molar-refractivity contribution in [2.75, 3.05) is 26.6 Å². The second-order valence-corrected chi connectivity index (χ2v) is 6.81. The van der Waals surface area contributed by atoms with Gasteiger partial charge in [0.25, 0.3) is 5.91 Å². The molecule has 0 aliphatic rings. The monoisotopic (exact) mass is 462 g/mol. The van der Waals surface area contributed by atoms with Crippen molar-refractivity contribution in [1.29, 1.82) is 5.26 Å². The van der Waals surface area contributed by atoms with Crippen LogP contribution in [0.4, 0.5) is 5.69 Å². The van der Waals surface area contributed by atoms with Gasteiger partial charge in [-0.2, -0.15) is 5.26 Å². The first kappa shape index (κ1) is 23.9. The maximum atomic E-state index is 12.6. The fourth-order valence-corrected chi connectivity index (χ4v) is 2.92. The van der Waals surface area contributed by atoms with Gasteiger partial charge in [0.15, 0.2) is 11.5 Å². The molecule has 34 heavy (non-hydrogen) atoms. The van der Waals surface area contributed by atoms with E-state index in [0.717, 1.165) is 0 Å². The Morgan fingerprint density at radius 1 is 1.03 bits per heavy atom. The molecule has 0 aliphatic carbocycles. The summed E-state index contributed by atoms with van der Waals surface area (Å²) in [5.74, 6) is 0.737. The Morgan fingerprint density at radius 2 is 1.85 bits per heavy atom. The summed E-state index contributed by atoms with van der Waals surface area (Å²) in [7, 11) is 4.26. The quantitative estimate of drug-likeness (QED) is 0.285. The smallest absolute Gasteiger partial charge is 0.373 e. The molecule has 0 aliphatic heterocycles. The normalized spacial score (nSPS) is 10.7. The van der Waals surface area contributed by atoms with Crippen LogP contribution in [-0.2, 0) is 16.1 Å². The van der Waals surface area contributed by atoms with Gasteiger partial charge in [0.1, 0.15) is 29.8 Å². The van der Waals surface area contributed by atoms with Gasteiger partial charge in [-0.15, -0.1) is 0 Å². The Bertz CT molecular complexity index is 1250. The third-order valence-corrected chi connectivity index (χ3v) is 4.61. The predicted molar refractivity (Wildman–Crippen MR) is 123 cm³/mol.